The predicted molar refractivity (Wildman–Crippen MR) is 167 cm³/mol. The lowest BCUT2D eigenvalue weighted by Crippen LogP contribution is -2.67. The summed E-state index contributed by atoms with van der Waals surface area (Å²) in [4.78, 5) is 85.7. The number of hydrogen-bond acceptors (Lipinski definition) is 19. The quantitative estimate of drug-likeness (QED) is 0.189. The highest BCUT2D eigenvalue weighted by atomic mass is 16.8. The largest absolute Gasteiger partial charge is 0.497 e. The van der Waals surface area contributed by atoms with Crippen molar-refractivity contribution in [2.75, 3.05) is 20.3 Å². The monoisotopic (exact) mass is 742 g/mol. The molecular formula is C33H42O19. The molecule has 1 aromatic carbocycles. The van der Waals surface area contributed by atoms with Gasteiger partial charge in [-0.15, -0.1) is 0 Å². The molecule has 0 saturated carbocycles. The summed E-state index contributed by atoms with van der Waals surface area (Å²) in [6.07, 6.45) is -15.8. The summed E-state index contributed by atoms with van der Waals surface area (Å²) >= 11 is 0. The molecule has 3 rings (SSSR count). The first-order chi connectivity index (χ1) is 24.5. The Kier molecular flexibility index (Phi) is 15.1. The van der Waals surface area contributed by atoms with E-state index in [0.29, 0.717) is 5.75 Å². The van der Waals surface area contributed by atoms with Gasteiger partial charge in [0.2, 0.25) is 6.29 Å². The Morgan fingerprint density at radius 2 is 0.846 bits per heavy atom. The molecule has 2 aliphatic heterocycles. The molecule has 0 radical (unpaired) electrons. The molecule has 0 bridgehead atoms. The normalized spacial score (nSPS) is 28.2. The lowest BCUT2D eigenvalue weighted by atomic mass is 9.96. The van der Waals surface area contributed by atoms with Crippen LogP contribution in [-0.2, 0) is 80.9 Å². The van der Waals surface area contributed by atoms with Crippen LogP contribution < -0.4 is 9.47 Å². The van der Waals surface area contributed by atoms with Crippen LogP contribution in [0.3, 0.4) is 0 Å². The van der Waals surface area contributed by atoms with E-state index in [2.05, 4.69) is 0 Å². The zero-order valence-corrected chi connectivity index (χ0v) is 29.8. The summed E-state index contributed by atoms with van der Waals surface area (Å²) in [6, 6.07) is 6.17. The second kappa shape index (κ2) is 19.0. The van der Waals surface area contributed by atoms with Gasteiger partial charge < -0.3 is 56.8 Å². The summed E-state index contributed by atoms with van der Waals surface area (Å²) in [5.41, 5.74) is 0. The first-order valence-corrected chi connectivity index (χ1v) is 15.9. The molecule has 0 aromatic heterocycles. The molecule has 0 aliphatic carbocycles. The zero-order chi connectivity index (χ0) is 38.7. The standard InChI is InChI=1S/C33H42O19/c1-15(34)42-13-24-26(44-17(3)36)28(46-19(5)38)30(47-20(6)39)33(51-24)52-29-27(45-18(4)37)25(14-43-16(2)35)50-32(31(29)48-21(7)40)49-23-11-9-22(41-8)10-12-23/h9-12,24-33H,13-14H2,1-8H3/t24-,25-,26-,27-,28+,29+,30-,31-,32-,33+/m1/s1. The van der Waals surface area contributed by atoms with Crippen molar-refractivity contribution >= 4 is 41.8 Å². The second-order valence-electron chi connectivity index (χ2n) is 11.5. The molecule has 0 unspecified atom stereocenters. The lowest BCUT2D eigenvalue weighted by Gasteiger charge is -2.48. The Morgan fingerprint density at radius 3 is 1.27 bits per heavy atom. The number of methoxy groups -OCH3 is 1. The topological polar surface area (TPSA) is 230 Å². The fourth-order valence-corrected chi connectivity index (χ4v) is 5.35. The maximum atomic E-state index is 12.5. The Labute approximate surface area is 298 Å². The fourth-order valence-electron chi connectivity index (χ4n) is 5.35. The van der Waals surface area contributed by atoms with E-state index in [1.54, 1.807) is 12.1 Å². The minimum Gasteiger partial charge on any atom is -0.497 e. The number of rotatable bonds is 14. The Bertz CT molecular complexity index is 1440. The highest BCUT2D eigenvalue weighted by Gasteiger charge is 2.58. The van der Waals surface area contributed by atoms with E-state index in [1.807, 2.05) is 0 Å². The summed E-state index contributed by atoms with van der Waals surface area (Å²) < 4.78 is 67.7. The van der Waals surface area contributed by atoms with E-state index < -0.39 is 116 Å². The molecule has 2 aliphatic rings. The summed E-state index contributed by atoms with van der Waals surface area (Å²) in [5.74, 6) is -5.23. The van der Waals surface area contributed by atoms with Gasteiger partial charge in [-0.05, 0) is 24.3 Å². The predicted octanol–water partition coefficient (Wildman–Crippen LogP) is 0.694. The van der Waals surface area contributed by atoms with Crippen molar-refractivity contribution < 1.29 is 90.4 Å². The Hall–Kier alpha value is -5.01. The SMILES string of the molecule is COc1ccc(O[C@@H]2O[C@H](COC(C)=O)[C@@H](OC(C)=O)[C@H](O[C@@H]3O[C@H](COC(C)=O)[C@@H](OC(C)=O)[C@H](OC(C)=O)[C@H]3OC(C)=O)[C@H]2OC(C)=O)cc1. The molecule has 1 aromatic rings. The van der Waals surface area contributed by atoms with Crippen LogP contribution in [0.15, 0.2) is 24.3 Å². The molecule has 288 valence electrons. The van der Waals surface area contributed by atoms with Crippen molar-refractivity contribution in [1.29, 1.82) is 0 Å². The van der Waals surface area contributed by atoms with Gasteiger partial charge in [0, 0.05) is 48.5 Å². The molecule has 0 amide bonds. The number of esters is 7. The number of hydrogen-bond donors (Lipinski definition) is 0. The molecule has 0 spiro atoms. The van der Waals surface area contributed by atoms with Gasteiger partial charge in [0.15, 0.2) is 36.8 Å². The molecule has 2 heterocycles. The summed E-state index contributed by atoms with van der Waals surface area (Å²) in [5, 5.41) is 0. The van der Waals surface area contributed by atoms with Crippen molar-refractivity contribution in [2.24, 2.45) is 0 Å². The van der Waals surface area contributed by atoms with Crippen LogP contribution in [0.25, 0.3) is 0 Å². The van der Waals surface area contributed by atoms with Crippen molar-refractivity contribution in [2.45, 2.75) is 110 Å². The van der Waals surface area contributed by atoms with Crippen molar-refractivity contribution in [3.8, 4) is 11.5 Å². The first-order valence-electron chi connectivity index (χ1n) is 15.9. The third-order valence-electron chi connectivity index (χ3n) is 7.20. The van der Waals surface area contributed by atoms with Gasteiger partial charge in [-0.1, -0.05) is 0 Å². The maximum absolute atomic E-state index is 12.5. The highest BCUT2D eigenvalue weighted by molar-refractivity contribution is 5.69. The molecular weight excluding hydrogens is 700 g/mol. The first kappa shape index (κ1) is 41.4. The molecule has 2 fully saturated rings. The maximum Gasteiger partial charge on any atom is 0.303 e. The van der Waals surface area contributed by atoms with Crippen molar-refractivity contribution in [1.82, 2.24) is 0 Å². The van der Waals surface area contributed by atoms with Gasteiger partial charge in [0.25, 0.3) is 0 Å². The molecule has 52 heavy (non-hydrogen) atoms. The van der Waals surface area contributed by atoms with Crippen LogP contribution in [0.4, 0.5) is 0 Å². The van der Waals surface area contributed by atoms with Gasteiger partial charge in [0.05, 0.1) is 7.11 Å². The van der Waals surface area contributed by atoms with Crippen LogP contribution in [-0.4, -0.2) is 124 Å². The van der Waals surface area contributed by atoms with E-state index in [4.69, 9.17) is 56.8 Å². The van der Waals surface area contributed by atoms with Crippen LogP contribution in [0.2, 0.25) is 0 Å². The van der Waals surface area contributed by atoms with Gasteiger partial charge in [-0.3, -0.25) is 33.6 Å². The third kappa shape index (κ3) is 12.1. The molecule has 2 saturated heterocycles. The van der Waals surface area contributed by atoms with Crippen molar-refractivity contribution in [3.63, 3.8) is 0 Å². The lowest BCUT2D eigenvalue weighted by molar-refractivity contribution is -0.355. The molecule has 10 atom stereocenters. The van der Waals surface area contributed by atoms with Crippen LogP contribution in [0, 0.1) is 0 Å². The van der Waals surface area contributed by atoms with Crippen LogP contribution in [0.5, 0.6) is 11.5 Å². The van der Waals surface area contributed by atoms with Crippen molar-refractivity contribution in [3.05, 3.63) is 24.3 Å². The number of carbonyl (C=O) groups excluding carboxylic acids is 7. The van der Waals surface area contributed by atoms with Gasteiger partial charge in [-0.25, -0.2) is 0 Å². The van der Waals surface area contributed by atoms with Crippen LogP contribution in [0.1, 0.15) is 48.5 Å². The minimum atomic E-state index is -1.82. The minimum absolute atomic E-state index is 0.186. The van der Waals surface area contributed by atoms with E-state index in [-0.39, 0.29) is 5.75 Å². The average molecular weight is 743 g/mol. The average Bonchev–Trinajstić information content (AvgIpc) is 3.03. The molecule has 19 nitrogen and oxygen atoms in total. The van der Waals surface area contributed by atoms with Gasteiger partial charge in [0.1, 0.15) is 43.0 Å². The van der Waals surface area contributed by atoms with Gasteiger partial charge in [-0.2, -0.15) is 0 Å². The summed E-state index contributed by atoms with van der Waals surface area (Å²) in [7, 11) is 1.46. The van der Waals surface area contributed by atoms with E-state index in [1.165, 1.54) is 19.2 Å². The fraction of sp³-hybridized carbons (Fsp3) is 0.606. The Morgan fingerprint density at radius 1 is 0.481 bits per heavy atom. The Balaban J connectivity index is 2.20. The molecule has 0 N–H and O–H groups in total. The van der Waals surface area contributed by atoms with E-state index in [0.717, 1.165) is 48.5 Å². The second-order valence-corrected chi connectivity index (χ2v) is 11.5. The van der Waals surface area contributed by atoms with E-state index in [9.17, 15) is 33.6 Å². The van der Waals surface area contributed by atoms with Crippen LogP contribution >= 0.6 is 0 Å². The summed E-state index contributed by atoms with van der Waals surface area (Å²) in [6.45, 7) is 6.38. The number of benzene rings is 1. The molecule has 19 heteroatoms. The highest BCUT2D eigenvalue weighted by Crippen LogP contribution is 2.36. The van der Waals surface area contributed by atoms with Gasteiger partial charge >= 0.3 is 41.8 Å². The number of ether oxygens (including phenoxy) is 12. The number of carbonyl (C=O) groups is 7. The third-order valence-corrected chi connectivity index (χ3v) is 7.20. The zero-order valence-electron chi connectivity index (χ0n) is 29.8. The smallest absolute Gasteiger partial charge is 0.303 e. The van der Waals surface area contributed by atoms with E-state index >= 15 is 0 Å².